The van der Waals surface area contributed by atoms with Gasteiger partial charge in [-0.2, -0.15) is 0 Å². The minimum atomic E-state index is -0.355. The number of fused-ring (bicyclic) bond motifs is 1. The maximum absolute atomic E-state index is 12.6. The summed E-state index contributed by atoms with van der Waals surface area (Å²) in [5.74, 6) is 1.46. The van der Waals surface area contributed by atoms with Crippen LogP contribution >= 0.6 is 0 Å². The van der Waals surface area contributed by atoms with Crippen LogP contribution < -0.4 is 18.9 Å². The van der Waals surface area contributed by atoms with Crippen molar-refractivity contribution in [2.75, 3.05) is 14.2 Å². The van der Waals surface area contributed by atoms with E-state index in [9.17, 15) is 9.59 Å². The molecular weight excluding hydrogens is 336 g/mol. The van der Waals surface area contributed by atoms with Gasteiger partial charge in [-0.15, -0.1) is 0 Å². The third-order valence-corrected chi connectivity index (χ3v) is 3.89. The minimum Gasteiger partial charge on any atom is -0.497 e. The Bertz CT molecular complexity index is 897. The van der Waals surface area contributed by atoms with E-state index in [-0.39, 0.29) is 23.9 Å². The van der Waals surface area contributed by atoms with Gasteiger partial charge in [-0.1, -0.05) is 6.92 Å². The van der Waals surface area contributed by atoms with E-state index >= 15 is 0 Å². The van der Waals surface area contributed by atoms with Gasteiger partial charge >= 0.3 is 5.97 Å². The number of Topliss-reactive ketones (excluding diaryl/α,β-unsaturated/α-hetero) is 1. The topological polar surface area (TPSA) is 71.1 Å². The van der Waals surface area contributed by atoms with Crippen LogP contribution in [-0.2, 0) is 4.79 Å². The van der Waals surface area contributed by atoms with Gasteiger partial charge in [-0.05, 0) is 36.4 Å². The average Bonchev–Trinajstić information content (AvgIpc) is 2.96. The van der Waals surface area contributed by atoms with Gasteiger partial charge in [0.15, 0.2) is 5.76 Å². The number of hydrogen-bond donors (Lipinski definition) is 0. The summed E-state index contributed by atoms with van der Waals surface area (Å²) in [6.07, 6.45) is 1.86. The number of allylic oxidation sites excluding steroid dienone is 1. The first-order chi connectivity index (χ1) is 12.5. The molecule has 1 aliphatic heterocycles. The van der Waals surface area contributed by atoms with Crippen molar-refractivity contribution >= 4 is 17.8 Å². The molecule has 0 saturated carbocycles. The van der Waals surface area contributed by atoms with Crippen molar-refractivity contribution in [3.05, 3.63) is 53.3 Å². The molecule has 6 nitrogen and oxygen atoms in total. The van der Waals surface area contributed by atoms with Crippen molar-refractivity contribution in [1.29, 1.82) is 0 Å². The van der Waals surface area contributed by atoms with Crippen molar-refractivity contribution in [2.24, 2.45) is 0 Å². The van der Waals surface area contributed by atoms with Crippen molar-refractivity contribution in [2.45, 2.75) is 13.3 Å². The molecule has 0 bridgehead atoms. The molecule has 0 amide bonds. The third kappa shape index (κ3) is 3.39. The highest BCUT2D eigenvalue weighted by molar-refractivity contribution is 6.14. The van der Waals surface area contributed by atoms with Gasteiger partial charge in [-0.3, -0.25) is 9.59 Å². The second-order valence-corrected chi connectivity index (χ2v) is 5.53. The lowest BCUT2D eigenvalue weighted by molar-refractivity contribution is -0.134. The van der Waals surface area contributed by atoms with Crippen LogP contribution in [-0.4, -0.2) is 26.0 Å². The molecule has 0 spiro atoms. The molecule has 0 atom stereocenters. The summed E-state index contributed by atoms with van der Waals surface area (Å²) in [5, 5.41) is 0. The summed E-state index contributed by atoms with van der Waals surface area (Å²) >= 11 is 0. The van der Waals surface area contributed by atoms with Gasteiger partial charge in [0, 0.05) is 18.1 Å². The molecule has 3 rings (SSSR count). The predicted molar refractivity (Wildman–Crippen MR) is 94.8 cm³/mol. The Morgan fingerprint density at radius 3 is 2.54 bits per heavy atom. The number of carbonyl (C=O) groups is 2. The maximum Gasteiger partial charge on any atom is 0.310 e. The van der Waals surface area contributed by atoms with Crippen molar-refractivity contribution < 1.29 is 28.5 Å². The normalized spacial score (nSPS) is 14.0. The second-order valence-electron chi connectivity index (χ2n) is 5.53. The molecule has 0 radical (unpaired) electrons. The van der Waals surface area contributed by atoms with Gasteiger partial charge in [0.25, 0.3) is 0 Å². The van der Waals surface area contributed by atoms with Crippen molar-refractivity contribution in [3.8, 4) is 23.0 Å². The molecule has 1 aliphatic rings. The zero-order chi connectivity index (χ0) is 18.7. The molecule has 1 heterocycles. The van der Waals surface area contributed by atoms with Gasteiger partial charge in [-0.25, -0.2) is 0 Å². The summed E-state index contributed by atoms with van der Waals surface area (Å²) < 4.78 is 21.4. The fourth-order valence-electron chi connectivity index (χ4n) is 2.53. The predicted octanol–water partition coefficient (Wildman–Crippen LogP) is 3.64. The van der Waals surface area contributed by atoms with Crippen LogP contribution in [0, 0.1) is 0 Å². The van der Waals surface area contributed by atoms with E-state index < -0.39 is 0 Å². The number of esters is 1. The summed E-state index contributed by atoms with van der Waals surface area (Å²) in [6.45, 7) is 1.71. The maximum atomic E-state index is 12.6. The van der Waals surface area contributed by atoms with Crippen LogP contribution in [0.1, 0.15) is 29.3 Å². The fraction of sp³-hybridized carbons (Fsp3) is 0.200. The van der Waals surface area contributed by atoms with E-state index in [2.05, 4.69) is 0 Å². The highest BCUT2D eigenvalue weighted by atomic mass is 16.5. The average molecular weight is 354 g/mol. The van der Waals surface area contributed by atoms with E-state index in [1.807, 2.05) is 0 Å². The number of benzene rings is 2. The van der Waals surface area contributed by atoms with Crippen LogP contribution in [0.3, 0.4) is 0 Å². The molecule has 2 aromatic rings. The van der Waals surface area contributed by atoms with E-state index in [0.717, 1.165) is 0 Å². The highest BCUT2D eigenvalue weighted by Gasteiger charge is 2.28. The lowest BCUT2D eigenvalue weighted by Crippen LogP contribution is -2.05. The third-order valence-electron chi connectivity index (χ3n) is 3.89. The Morgan fingerprint density at radius 2 is 1.85 bits per heavy atom. The van der Waals surface area contributed by atoms with Gasteiger partial charge in [0.1, 0.15) is 23.0 Å². The van der Waals surface area contributed by atoms with E-state index in [1.165, 1.54) is 6.07 Å². The van der Waals surface area contributed by atoms with E-state index in [0.29, 0.717) is 34.1 Å². The van der Waals surface area contributed by atoms with E-state index in [1.54, 1.807) is 57.6 Å². The number of methoxy groups -OCH3 is 2. The molecule has 6 heteroatoms. The van der Waals surface area contributed by atoms with Gasteiger partial charge in [0.2, 0.25) is 5.78 Å². The molecule has 0 unspecified atom stereocenters. The molecule has 0 fully saturated rings. The number of ketones is 1. The fourth-order valence-corrected chi connectivity index (χ4v) is 2.53. The Kier molecular flexibility index (Phi) is 4.93. The van der Waals surface area contributed by atoms with Crippen molar-refractivity contribution in [1.82, 2.24) is 0 Å². The van der Waals surface area contributed by atoms with Crippen LogP contribution in [0.25, 0.3) is 6.08 Å². The van der Waals surface area contributed by atoms with E-state index in [4.69, 9.17) is 18.9 Å². The minimum absolute atomic E-state index is 0.158. The second kappa shape index (κ2) is 7.31. The lowest BCUT2D eigenvalue weighted by Gasteiger charge is -2.08. The first kappa shape index (κ1) is 17.5. The highest BCUT2D eigenvalue weighted by Crippen LogP contribution is 2.36. The van der Waals surface area contributed by atoms with Gasteiger partial charge < -0.3 is 18.9 Å². The zero-order valence-corrected chi connectivity index (χ0v) is 14.7. The molecule has 134 valence electrons. The quantitative estimate of drug-likeness (QED) is 0.464. The Morgan fingerprint density at radius 1 is 1.08 bits per heavy atom. The molecule has 0 saturated heterocycles. The first-order valence-corrected chi connectivity index (χ1v) is 8.06. The smallest absolute Gasteiger partial charge is 0.310 e. The monoisotopic (exact) mass is 354 g/mol. The molecule has 26 heavy (non-hydrogen) atoms. The zero-order valence-electron chi connectivity index (χ0n) is 14.7. The Balaban J connectivity index is 1.92. The number of ether oxygens (including phenoxy) is 4. The number of rotatable bonds is 5. The Labute approximate surface area is 150 Å². The Hall–Kier alpha value is -3.28. The largest absolute Gasteiger partial charge is 0.497 e. The van der Waals surface area contributed by atoms with Crippen LogP contribution in [0.15, 0.2) is 42.2 Å². The summed E-state index contributed by atoms with van der Waals surface area (Å²) in [5.41, 5.74) is 1.06. The van der Waals surface area contributed by atoms with Crippen LogP contribution in [0.5, 0.6) is 23.0 Å². The molecule has 0 aliphatic carbocycles. The first-order valence-electron chi connectivity index (χ1n) is 8.06. The SMILES string of the molecule is CCC(=O)Oc1ccc2c(c1)OC(=Cc1cc(OC)ccc1OC)C2=O. The molecule has 0 N–H and O–H groups in total. The van der Waals surface area contributed by atoms with Crippen molar-refractivity contribution in [3.63, 3.8) is 0 Å². The van der Waals surface area contributed by atoms with Crippen LogP contribution in [0.4, 0.5) is 0 Å². The summed E-state index contributed by atoms with van der Waals surface area (Å²) in [7, 11) is 3.11. The molecular formula is C20H18O6. The number of carbonyl (C=O) groups excluding carboxylic acids is 2. The number of hydrogen-bond acceptors (Lipinski definition) is 6. The van der Waals surface area contributed by atoms with Crippen LogP contribution in [0.2, 0.25) is 0 Å². The lowest BCUT2D eigenvalue weighted by atomic mass is 10.1. The molecule has 0 aromatic heterocycles. The molecule has 2 aromatic carbocycles. The van der Waals surface area contributed by atoms with Gasteiger partial charge in [0.05, 0.1) is 19.8 Å². The summed E-state index contributed by atoms with van der Waals surface area (Å²) in [6, 6.07) is 9.95. The standard InChI is InChI=1S/C20H18O6/c1-4-19(21)25-14-5-7-15-17(11-14)26-18(20(15)22)10-12-9-13(23-2)6-8-16(12)24-3/h5-11H,4H2,1-3H3. The summed E-state index contributed by atoms with van der Waals surface area (Å²) in [4.78, 5) is 24.0.